The van der Waals surface area contributed by atoms with Crippen molar-refractivity contribution in [1.29, 1.82) is 0 Å². The van der Waals surface area contributed by atoms with Gasteiger partial charge < -0.3 is 15.8 Å². The highest BCUT2D eigenvalue weighted by atomic mass is 35.5. The summed E-state index contributed by atoms with van der Waals surface area (Å²) in [5, 5.41) is 3.22. The lowest BCUT2D eigenvalue weighted by Crippen LogP contribution is -2.37. The number of hydrogen-bond donors (Lipinski definition) is 2. The number of hydrogen-bond acceptors (Lipinski definition) is 3. The Morgan fingerprint density at radius 2 is 2.00 bits per heavy atom. The Kier molecular flexibility index (Phi) is 4.12. The van der Waals surface area contributed by atoms with E-state index in [-0.39, 0.29) is 11.1 Å². The molecule has 0 spiro atoms. The molecule has 0 fully saturated rings. The van der Waals surface area contributed by atoms with Crippen LogP contribution < -0.4 is 15.8 Å². The number of nitrogens with one attached hydrogen (secondary N) is 1. The second kappa shape index (κ2) is 5.94. The molecule has 0 bridgehead atoms. The summed E-state index contributed by atoms with van der Waals surface area (Å²) in [6.07, 6.45) is -4.63. The summed E-state index contributed by atoms with van der Waals surface area (Å²) in [6.45, 7) is 0.912. The average Bonchev–Trinajstić information content (AvgIpc) is 2.53. The Labute approximate surface area is 136 Å². The van der Waals surface area contributed by atoms with Gasteiger partial charge in [0.25, 0.3) is 0 Å². The number of fused-ring (bicyclic) bond motifs is 1. The van der Waals surface area contributed by atoms with Crippen molar-refractivity contribution >= 4 is 17.3 Å². The van der Waals surface area contributed by atoms with Gasteiger partial charge in [-0.1, -0.05) is 29.8 Å². The van der Waals surface area contributed by atoms with Gasteiger partial charge in [0, 0.05) is 22.7 Å². The van der Waals surface area contributed by atoms with Crippen molar-refractivity contribution in [2.45, 2.75) is 12.3 Å². The van der Waals surface area contributed by atoms with Crippen molar-refractivity contribution in [3.63, 3.8) is 0 Å². The molecule has 0 unspecified atom stereocenters. The Morgan fingerprint density at radius 3 is 2.65 bits per heavy atom. The van der Waals surface area contributed by atoms with E-state index in [2.05, 4.69) is 5.32 Å². The number of halogens is 4. The molecule has 0 aromatic heterocycles. The minimum absolute atomic E-state index is 0.0201. The van der Waals surface area contributed by atoms with Crippen LogP contribution in [0.2, 0.25) is 5.02 Å². The monoisotopic (exact) mass is 342 g/mol. The average molecular weight is 343 g/mol. The van der Waals surface area contributed by atoms with Crippen molar-refractivity contribution in [2.24, 2.45) is 5.73 Å². The molecular weight excluding hydrogens is 329 g/mol. The SMILES string of the molecule is NC[C@@H]1CNc2cccc(-c3ccc(C(F)(F)F)cc3Cl)c2O1. The Morgan fingerprint density at radius 1 is 1.22 bits per heavy atom. The standard InChI is InChI=1S/C16H14ClF3N2O/c17-13-6-9(16(18,19)20)4-5-11(13)12-2-1-3-14-15(12)23-10(7-21)8-22-14/h1-6,10,22H,7-8,21H2/t10-/m1/s1. The number of anilines is 1. The molecule has 1 atom stereocenters. The van der Waals surface area contributed by atoms with Crippen LogP contribution in [0, 0.1) is 0 Å². The predicted molar refractivity (Wildman–Crippen MR) is 83.9 cm³/mol. The highest BCUT2D eigenvalue weighted by molar-refractivity contribution is 6.33. The fraction of sp³-hybridized carbons (Fsp3) is 0.250. The van der Waals surface area contributed by atoms with Crippen molar-refractivity contribution in [3.8, 4) is 16.9 Å². The van der Waals surface area contributed by atoms with Crippen molar-refractivity contribution in [1.82, 2.24) is 0 Å². The molecule has 2 aromatic carbocycles. The Bertz CT molecular complexity index is 734. The quantitative estimate of drug-likeness (QED) is 0.861. The van der Waals surface area contributed by atoms with E-state index in [4.69, 9.17) is 22.1 Å². The first kappa shape index (κ1) is 16.0. The summed E-state index contributed by atoms with van der Waals surface area (Å²) in [6, 6.07) is 8.68. The van der Waals surface area contributed by atoms with E-state index in [9.17, 15) is 13.2 Å². The first-order valence-electron chi connectivity index (χ1n) is 7.01. The van der Waals surface area contributed by atoms with Crippen LogP contribution in [0.25, 0.3) is 11.1 Å². The lowest BCUT2D eigenvalue weighted by molar-refractivity contribution is -0.137. The van der Waals surface area contributed by atoms with Crippen LogP contribution in [0.3, 0.4) is 0 Å². The van der Waals surface area contributed by atoms with Crippen LogP contribution in [-0.2, 0) is 6.18 Å². The van der Waals surface area contributed by atoms with Crippen LogP contribution in [0.1, 0.15) is 5.56 Å². The fourth-order valence-corrected chi connectivity index (χ4v) is 2.77. The number of para-hydroxylation sites is 1. The number of rotatable bonds is 2. The smallest absolute Gasteiger partial charge is 0.416 e. The summed E-state index contributed by atoms with van der Waals surface area (Å²) in [4.78, 5) is 0. The van der Waals surface area contributed by atoms with E-state index in [1.165, 1.54) is 6.07 Å². The van der Waals surface area contributed by atoms with Gasteiger partial charge in [-0.3, -0.25) is 0 Å². The van der Waals surface area contributed by atoms with Gasteiger partial charge in [0.1, 0.15) is 6.10 Å². The third kappa shape index (κ3) is 3.09. The maximum Gasteiger partial charge on any atom is 0.416 e. The molecule has 0 aliphatic carbocycles. The number of alkyl halides is 3. The van der Waals surface area contributed by atoms with Gasteiger partial charge in [0.05, 0.1) is 17.8 Å². The zero-order valence-electron chi connectivity index (χ0n) is 12.0. The van der Waals surface area contributed by atoms with E-state index in [1.807, 2.05) is 6.07 Å². The maximum absolute atomic E-state index is 12.8. The van der Waals surface area contributed by atoms with Gasteiger partial charge in [-0.2, -0.15) is 13.2 Å². The second-order valence-corrected chi connectivity index (χ2v) is 5.64. The van der Waals surface area contributed by atoms with Crippen LogP contribution in [0.5, 0.6) is 5.75 Å². The summed E-state index contributed by atoms with van der Waals surface area (Å²) < 4.78 is 44.1. The van der Waals surface area contributed by atoms with Crippen molar-refractivity contribution < 1.29 is 17.9 Å². The number of benzene rings is 2. The predicted octanol–water partition coefficient (Wildman–Crippen LogP) is 4.16. The molecule has 7 heteroatoms. The summed E-state index contributed by atoms with van der Waals surface area (Å²) in [7, 11) is 0. The van der Waals surface area contributed by atoms with E-state index >= 15 is 0 Å². The molecule has 2 aromatic rings. The largest absolute Gasteiger partial charge is 0.484 e. The van der Waals surface area contributed by atoms with Crippen LogP contribution >= 0.6 is 11.6 Å². The number of ether oxygens (including phenoxy) is 1. The molecule has 1 aliphatic heterocycles. The Hall–Kier alpha value is -1.92. The summed E-state index contributed by atoms with van der Waals surface area (Å²) >= 11 is 6.08. The zero-order valence-corrected chi connectivity index (χ0v) is 12.7. The van der Waals surface area contributed by atoms with Crippen molar-refractivity contribution in [2.75, 3.05) is 18.4 Å². The first-order chi connectivity index (χ1) is 10.9. The van der Waals surface area contributed by atoms with Gasteiger partial charge in [-0.25, -0.2) is 0 Å². The molecule has 23 heavy (non-hydrogen) atoms. The van der Waals surface area contributed by atoms with Crippen molar-refractivity contribution in [3.05, 3.63) is 47.0 Å². The van der Waals surface area contributed by atoms with Crippen LogP contribution in [0.4, 0.5) is 18.9 Å². The lowest BCUT2D eigenvalue weighted by atomic mass is 10.0. The van der Waals surface area contributed by atoms with Crippen LogP contribution in [0.15, 0.2) is 36.4 Å². The van der Waals surface area contributed by atoms with Gasteiger partial charge in [-0.05, 0) is 18.2 Å². The van der Waals surface area contributed by atoms with Gasteiger partial charge in [-0.15, -0.1) is 0 Å². The maximum atomic E-state index is 12.8. The molecule has 1 aliphatic rings. The van der Waals surface area contributed by atoms with Gasteiger partial charge >= 0.3 is 6.18 Å². The van der Waals surface area contributed by atoms with Crippen LogP contribution in [-0.4, -0.2) is 19.2 Å². The lowest BCUT2D eigenvalue weighted by Gasteiger charge is -2.28. The topological polar surface area (TPSA) is 47.3 Å². The molecule has 0 amide bonds. The van der Waals surface area contributed by atoms with Gasteiger partial charge in [0.2, 0.25) is 0 Å². The molecule has 122 valence electrons. The van der Waals surface area contributed by atoms with E-state index in [0.29, 0.717) is 30.0 Å². The third-order valence-corrected chi connectivity index (χ3v) is 3.98. The van der Waals surface area contributed by atoms with E-state index < -0.39 is 11.7 Å². The Balaban J connectivity index is 2.06. The highest BCUT2D eigenvalue weighted by Crippen LogP contribution is 2.43. The second-order valence-electron chi connectivity index (χ2n) is 5.23. The first-order valence-corrected chi connectivity index (χ1v) is 7.38. The summed E-state index contributed by atoms with van der Waals surface area (Å²) in [5.74, 6) is 0.552. The summed E-state index contributed by atoms with van der Waals surface area (Å²) in [5.41, 5.74) is 6.73. The number of nitrogens with two attached hydrogens (primary N) is 1. The van der Waals surface area contributed by atoms with E-state index in [1.54, 1.807) is 12.1 Å². The minimum Gasteiger partial charge on any atom is -0.484 e. The third-order valence-electron chi connectivity index (χ3n) is 3.67. The molecule has 3 rings (SSSR count). The molecule has 3 nitrogen and oxygen atoms in total. The minimum atomic E-state index is -4.43. The van der Waals surface area contributed by atoms with E-state index in [0.717, 1.165) is 17.8 Å². The molecule has 0 radical (unpaired) electrons. The molecule has 0 saturated carbocycles. The zero-order chi connectivity index (χ0) is 16.6. The molecule has 1 heterocycles. The van der Waals surface area contributed by atoms with Gasteiger partial charge in [0.15, 0.2) is 5.75 Å². The molecule has 0 saturated heterocycles. The molecular formula is C16H14ClF3N2O. The normalized spacial score (nSPS) is 17.2. The highest BCUT2D eigenvalue weighted by Gasteiger charge is 2.31. The fourth-order valence-electron chi connectivity index (χ4n) is 2.49. The molecule has 3 N–H and O–H groups in total.